The molecular formula is C11H13N3OY-2. The smallest absolute Gasteiger partial charge is 0.160 e. The van der Waals surface area contributed by atoms with Crippen LogP contribution in [0, 0.1) is 18.8 Å². The summed E-state index contributed by atoms with van der Waals surface area (Å²) in [5.74, 6) is 0. The van der Waals surface area contributed by atoms with Crippen LogP contribution in [0.5, 0.6) is 0 Å². The predicted molar refractivity (Wildman–Crippen MR) is 60.4 cm³/mol. The van der Waals surface area contributed by atoms with Crippen LogP contribution in [0.3, 0.4) is 0 Å². The first-order valence-corrected chi connectivity index (χ1v) is 4.37. The van der Waals surface area contributed by atoms with Gasteiger partial charge in [0.25, 0.3) is 0 Å². The van der Waals surface area contributed by atoms with Crippen LogP contribution in [0.15, 0.2) is 23.0 Å². The van der Waals surface area contributed by atoms with Crippen molar-refractivity contribution in [3.63, 3.8) is 0 Å². The molecule has 0 fully saturated rings. The van der Waals surface area contributed by atoms with Crippen molar-refractivity contribution in [1.82, 2.24) is 9.97 Å². The summed E-state index contributed by atoms with van der Waals surface area (Å²) in [6.45, 7) is 4.00. The molecule has 0 amide bonds. The summed E-state index contributed by atoms with van der Waals surface area (Å²) < 4.78 is 0. The zero-order valence-electron chi connectivity index (χ0n) is 9.61. The third-order valence-electron chi connectivity index (χ3n) is 1.62. The summed E-state index contributed by atoms with van der Waals surface area (Å²) in [5.41, 5.74) is 1.10. The van der Waals surface area contributed by atoms with Crippen LogP contribution in [-0.4, -0.2) is 4.98 Å². The van der Waals surface area contributed by atoms with E-state index >= 15 is 0 Å². The van der Waals surface area contributed by atoms with Crippen LogP contribution in [0.4, 0.5) is 0 Å². The number of benzene rings is 1. The molecule has 1 aromatic heterocycles. The van der Waals surface area contributed by atoms with Crippen molar-refractivity contribution in [3.8, 4) is 6.07 Å². The van der Waals surface area contributed by atoms with Gasteiger partial charge in [-0.15, -0.1) is 0 Å². The topological polar surface area (TPSA) is 70.8 Å². The van der Waals surface area contributed by atoms with Crippen molar-refractivity contribution in [2.75, 3.05) is 0 Å². The fourth-order valence-electron chi connectivity index (χ4n) is 1.10. The number of fused-ring (bicyclic) bond motifs is 1. The standard InChI is InChI=1S/C8H5N3O.C2H6.CH3.Y/c9-4-5-2-1-3-6-7(5)11-8(12)10-6;1-2;;/h1-3H,(H2,10,11,12);1-2H3;1H3;/q;;-1;/p-1. The number of hydrogen-bond donors (Lipinski definition) is 1. The molecule has 1 radical (unpaired) electrons. The van der Waals surface area contributed by atoms with Gasteiger partial charge in [0.2, 0.25) is 0 Å². The van der Waals surface area contributed by atoms with Crippen molar-refractivity contribution in [2.45, 2.75) is 13.8 Å². The van der Waals surface area contributed by atoms with Gasteiger partial charge in [0, 0.05) is 32.7 Å². The maximum absolute atomic E-state index is 10.8. The zero-order chi connectivity index (χ0) is 10.6. The molecule has 2 aromatic rings. The minimum atomic E-state index is -0.410. The van der Waals surface area contributed by atoms with Crippen molar-refractivity contribution < 1.29 is 32.7 Å². The van der Waals surface area contributed by atoms with Gasteiger partial charge in [-0.2, -0.15) is 5.26 Å². The summed E-state index contributed by atoms with van der Waals surface area (Å²) in [5, 5.41) is 8.65. The number of imidazole rings is 1. The Balaban J connectivity index is 0. The molecule has 0 aliphatic heterocycles. The average molecular weight is 292 g/mol. The Hall–Kier alpha value is -0.916. The van der Waals surface area contributed by atoms with Crippen molar-refractivity contribution in [1.29, 1.82) is 5.26 Å². The second-order valence-corrected chi connectivity index (χ2v) is 2.35. The molecule has 0 spiro atoms. The van der Waals surface area contributed by atoms with Gasteiger partial charge in [-0.05, 0) is 17.1 Å². The Kier molecular flexibility index (Phi) is 9.02. The summed E-state index contributed by atoms with van der Waals surface area (Å²) in [4.78, 5) is 16.9. The maximum Gasteiger partial charge on any atom is 0.160 e. The zero-order valence-corrected chi connectivity index (χ0v) is 12.5. The molecule has 1 N–H and O–H groups in total. The first-order valence-electron chi connectivity index (χ1n) is 4.37. The van der Waals surface area contributed by atoms with E-state index in [4.69, 9.17) is 5.26 Å². The Bertz CT molecular complexity index is 522. The molecule has 0 aliphatic rings. The van der Waals surface area contributed by atoms with E-state index in [2.05, 4.69) is 9.97 Å². The Labute approximate surface area is 120 Å². The van der Waals surface area contributed by atoms with Crippen LogP contribution in [0.1, 0.15) is 19.4 Å². The van der Waals surface area contributed by atoms with Gasteiger partial charge in [-0.1, -0.05) is 26.0 Å². The number of nitrogens with one attached hydrogen (secondary N) is 1. The molecule has 83 valence electrons. The molecule has 0 saturated carbocycles. The van der Waals surface area contributed by atoms with E-state index in [1.54, 1.807) is 18.2 Å². The quantitative estimate of drug-likeness (QED) is 0.753. The van der Waals surface area contributed by atoms with Crippen LogP contribution >= 0.6 is 0 Å². The van der Waals surface area contributed by atoms with Crippen molar-refractivity contribution in [3.05, 3.63) is 41.7 Å². The number of nitriles is 1. The Morgan fingerprint density at radius 2 is 2.00 bits per heavy atom. The molecule has 0 bridgehead atoms. The summed E-state index contributed by atoms with van der Waals surface area (Å²) >= 11 is 0. The fourth-order valence-corrected chi connectivity index (χ4v) is 1.10. The predicted octanol–water partition coefficient (Wildman–Crippen LogP) is 1.83. The van der Waals surface area contributed by atoms with Gasteiger partial charge >= 0.3 is 0 Å². The fraction of sp³-hybridized carbons (Fsp3) is 0.182. The number of aromatic nitrogens is 2. The van der Waals surface area contributed by atoms with Gasteiger partial charge in [-0.25, -0.2) is 0 Å². The number of H-pyrrole nitrogens is 1. The SMILES string of the molecule is CC.N#Cc1cccc2[n-]c(=O)[nH]c12.[CH3-].[Y]. The largest absolute Gasteiger partial charge is 0.423 e. The molecule has 16 heavy (non-hydrogen) atoms. The average Bonchev–Trinajstić information content (AvgIpc) is 2.60. The summed E-state index contributed by atoms with van der Waals surface area (Å²) in [6.07, 6.45) is 0. The Morgan fingerprint density at radius 1 is 1.38 bits per heavy atom. The first-order chi connectivity index (χ1) is 6.81. The number of rotatable bonds is 0. The van der Waals surface area contributed by atoms with E-state index in [1.165, 1.54) is 0 Å². The molecule has 0 unspecified atom stereocenters. The third kappa shape index (κ3) is 3.59. The molecule has 1 heterocycles. The second-order valence-electron chi connectivity index (χ2n) is 2.35. The van der Waals surface area contributed by atoms with E-state index in [1.807, 2.05) is 19.9 Å². The monoisotopic (exact) mass is 292 g/mol. The van der Waals surface area contributed by atoms with E-state index in [0.717, 1.165) is 0 Å². The van der Waals surface area contributed by atoms with Gasteiger partial charge in [0.1, 0.15) is 0 Å². The minimum absolute atomic E-state index is 0. The van der Waals surface area contributed by atoms with Crippen LogP contribution in [-0.2, 0) is 32.7 Å². The van der Waals surface area contributed by atoms with E-state index in [-0.39, 0.29) is 40.1 Å². The molecular weight excluding hydrogens is 279 g/mol. The first kappa shape index (κ1) is 17.5. The van der Waals surface area contributed by atoms with Crippen LogP contribution < -0.4 is 10.7 Å². The van der Waals surface area contributed by atoms with E-state index in [0.29, 0.717) is 16.6 Å². The van der Waals surface area contributed by atoms with Gasteiger partial charge in [0.05, 0.1) is 11.6 Å². The van der Waals surface area contributed by atoms with Crippen molar-refractivity contribution in [2.24, 2.45) is 0 Å². The number of hydrogen-bond acceptors (Lipinski definition) is 2. The molecule has 0 atom stereocenters. The van der Waals surface area contributed by atoms with Gasteiger partial charge < -0.3 is 17.4 Å². The number of nitrogens with zero attached hydrogens (tertiary/aromatic N) is 2. The third-order valence-corrected chi connectivity index (χ3v) is 1.62. The van der Waals surface area contributed by atoms with Gasteiger partial charge in [0.15, 0.2) is 5.69 Å². The maximum atomic E-state index is 10.8. The molecule has 0 aliphatic carbocycles. The number of para-hydroxylation sites is 1. The Morgan fingerprint density at radius 3 is 2.56 bits per heavy atom. The van der Waals surface area contributed by atoms with Crippen LogP contribution in [0.2, 0.25) is 0 Å². The molecule has 4 nitrogen and oxygen atoms in total. The molecule has 2 rings (SSSR count). The normalized spacial score (nSPS) is 7.81. The number of aromatic amines is 1. The minimum Gasteiger partial charge on any atom is -0.423 e. The molecule has 1 aromatic carbocycles. The van der Waals surface area contributed by atoms with Gasteiger partial charge in [-0.3, -0.25) is 4.79 Å². The van der Waals surface area contributed by atoms with E-state index < -0.39 is 5.69 Å². The molecule has 5 heteroatoms. The van der Waals surface area contributed by atoms with E-state index in [9.17, 15) is 4.79 Å². The van der Waals surface area contributed by atoms with Crippen molar-refractivity contribution >= 4 is 11.0 Å². The summed E-state index contributed by atoms with van der Waals surface area (Å²) in [6, 6.07) is 7.00. The second kappa shape index (κ2) is 8.26. The molecule has 0 saturated heterocycles. The summed E-state index contributed by atoms with van der Waals surface area (Å²) in [7, 11) is 0. The van der Waals surface area contributed by atoms with Crippen LogP contribution in [0.25, 0.3) is 11.0 Å².